The molecule has 92 valence electrons. The molecule has 1 aromatic rings. The summed E-state index contributed by atoms with van der Waals surface area (Å²) in [4.78, 5) is 0. The number of ether oxygens (including phenoxy) is 1. The van der Waals surface area contributed by atoms with Crippen LogP contribution in [0.5, 0.6) is 5.75 Å². The molecule has 6 heteroatoms. The van der Waals surface area contributed by atoms with Crippen LogP contribution >= 0.6 is 0 Å². The summed E-state index contributed by atoms with van der Waals surface area (Å²) in [5.41, 5.74) is 2.34. The molecule has 5 nitrogen and oxygen atoms in total. The molecule has 0 radical (unpaired) electrons. The number of benzene rings is 1. The van der Waals surface area contributed by atoms with Crippen molar-refractivity contribution in [3.8, 4) is 17.9 Å². The van der Waals surface area contributed by atoms with Crippen LogP contribution in [0.1, 0.15) is 13.8 Å². The van der Waals surface area contributed by atoms with Crippen molar-refractivity contribution < 1.29 is 9.13 Å². The van der Waals surface area contributed by atoms with Crippen molar-refractivity contribution in [3.05, 3.63) is 24.0 Å². The molecule has 0 spiro atoms. The van der Waals surface area contributed by atoms with Crippen molar-refractivity contribution in [2.24, 2.45) is 5.10 Å². The molecule has 1 aromatic carbocycles. The highest BCUT2D eigenvalue weighted by Crippen LogP contribution is 2.26. The monoisotopic (exact) mass is 246 g/mol. The number of nitrogens with one attached hydrogen (secondary N) is 1. The zero-order valence-electron chi connectivity index (χ0n) is 9.94. The average molecular weight is 246 g/mol. The third-order valence-electron chi connectivity index (χ3n) is 1.80. The Hall–Kier alpha value is -2.60. The maximum Gasteiger partial charge on any atom is 0.237 e. The lowest BCUT2D eigenvalue weighted by Crippen LogP contribution is -2.08. The molecule has 0 bridgehead atoms. The maximum absolute atomic E-state index is 13.1. The minimum absolute atomic E-state index is 0.0913. The van der Waals surface area contributed by atoms with Gasteiger partial charge in [-0.05, 0) is 26.0 Å². The van der Waals surface area contributed by atoms with E-state index in [0.29, 0.717) is 5.75 Å². The van der Waals surface area contributed by atoms with Gasteiger partial charge < -0.3 is 4.74 Å². The second-order valence-corrected chi connectivity index (χ2v) is 3.60. The summed E-state index contributed by atoms with van der Waals surface area (Å²) in [5, 5.41) is 20.6. The zero-order chi connectivity index (χ0) is 13.5. The van der Waals surface area contributed by atoms with E-state index in [1.807, 2.05) is 13.8 Å². The predicted molar refractivity (Wildman–Crippen MR) is 64.4 cm³/mol. The van der Waals surface area contributed by atoms with Crippen LogP contribution in [0.15, 0.2) is 23.3 Å². The van der Waals surface area contributed by atoms with Crippen LogP contribution in [0.25, 0.3) is 0 Å². The number of rotatable bonds is 4. The van der Waals surface area contributed by atoms with Gasteiger partial charge in [-0.3, -0.25) is 5.43 Å². The quantitative estimate of drug-likeness (QED) is 0.653. The van der Waals surface area contributed by atoms with E-state index in [1.54, 1.807) is 12.1 Å². The maximum atomic E-state index is 13.1. The molecular formula is C12H11FN4O. The summed E-state index contributed by atoms with van der Waals surface area (Å²) < 4.78 is 18.5. The SMILES string of the molecule is CC(C)Oc1ccc(F)cc1NN=C(C#N)C#N. The van der Waals surface area contributed by atoms with E-state index in [4.69, 9.17) is 15.3 Å². The van der Waals surface area contributed by atoms with Crippen molar-refractivity contribution in [3.63, 3.8) is 0 Å². The van der Waals surface area contributed by atoms with Gasteiger partial charge in [0.2, 0.25) is 5.71 Å². The van der Waals surface area contributed by atoms with E-state index < -0.39 is 5.82 Å². The van der Waals surface area contributed by atoms with E-state index in [2.05, 4.69) is 10.5 Å². The fourth-order valence-electron chi connectivity index (χ4n) is 1.14. The van der Waals surface area contributed by atoms with Gasteiger partial charge in [0.15, 0.2) is 0 Å². The van der Waals surface area contributed by atoms with Crippen LogP contribution in [0, 0.1) is 28.5 Å². The second kappa shape index (κ2) is 6.21. The fraction of sp³-hybridized carbons (Fsp3) is 0.250. The third kappa shape index (κ3) is 3.76. The smallest absolute Gasteiger partial charge is 0.237 e. The summed E-state index contributed by atoms with van der Waals surface area (Å²) in [6.07, 6.45) is -0.0913. The number of halogens is 1. The topological polar surface area (TPSA) is 81.2 Å². The van der Waals surface area contributed by atoms with Gasteiger partial charge in [-0.2, -0.15) is 15.6 Å². The molecule has 0 atom stereocenters. The minimum Gasteiger partial charge on any atom is -0.489 e. The number of hydrogen-bond acceptors (Lipinski definition) is 5. The Balaban J connectivity index is 3.00. The molecule has 0 unspecified atom stereocenters. The van der Waals surface area contributed by atoms with Crippen LogP contribution in [-0.4, -0.2) is 11.8 Å². The second-order valence-electron chi connectivity index (χ2n) is 3.60. The van der Waals surface area contributed by atoms with E-state index in [0.717, 1.165) is 0 Å². The standard InChI is InChI=1S/C12H11FN4O/c1-8(2)18-12-4-3-9(13)5-11(12)17-16-10(6-14)7-15/h3-5,8,17H,1-2H3. The summed E-state index contributed by atoms with van der Waals surface area (Å²) >= 11 is 0. The van der Waals surface area contributed by atoms with E-state index in [1.165, 1.54) is 18.2 Å². The minimum atomic E-state index is -0.473. The number of anilines is 1. The Morgan fingerprint density at radius 2 is 2.06 bits per heavy atom. The lowest BCUT2D eigenvalue weighted by molar-refractivity contribution is 0.243. The van der Waals surface area contributed by atoms with Gasteiger partial charge >= 0.3 is 0 Å². The van der Waals surface area contributed by atoms with Gasteiger partial charge in [0.25, 0.3) is 0 Å². The first-order valence-corrected chi connectivity index (χ1v) is 5.17. The Bertz CT molecular complexity index is 524. The lowest BCUT2D eigenvalue weighted by Gasteiger charge is -2.13. The third-order valence-corrected chi connectivity index (χ3v) is 1.80. The van der Waals surface area contributed by atoms with Gasteiger partial charge in [-0.15, -0.1) is 0 Å². The molecule has 0 aliphatic carbocycles. The van der Waals surface area contributed by atoms with Gasteiger partial charge in [-0.25, -0.2) is 4.39 Å². The van der Waals surface area contributed by atoms with Crippen LogP contribution in [0.4, 0.5) is 10.1 Å². The van der Waals surface area contributed by atoms with Crippen molar-refractivity contribution >= 4 is 11.4 Å². The Kier molecular flexibility index (Phi) is 4.65. The average Bonchev–Trinajstić information content (AvgIpc) is 2.33. The Morgan fingerprint density at radius 1 is 1.39 bits per heavy atom. The summed E-state index contributed by atoms with van der Waals surface area (Å²) in [5.74, 6) is -0.0790. The molecule has 0 saturated carbocycles. The van der Waals surface area contributed by atoms with Crippen molar-refractivity contribution in [1.29, 1.82) is 10.5 Å². The molecule has 0 heterocycles. The largest absolute Gasteiger partial charge is 0.489 e. The van der Waals surface area contributed by atoms with Gasteiger partial charge in [-0.1, -0.05) is 0 Å². The molecule has 0 fully saturated rings. The first kappa shape index (κ1) is 13.5. The highest BCUT2D eigenvalue weighted by atomic mass is 19.1. The number of nitrogens with zero attached hydrogens (tertiary/aromatic N) is 3. The van der Waals surface area contributed by atoms with Gasteiger partial charge in [0.1, 0.15) is 29.4 Å². The highest BCUT2D eigenvalue weighted by molar-refractivity contribution is 6.10. The summed E-state index contributed by atoms with van der Waals surface area (Å²) in [6, 6.07) is 7.05. The number of nitriles is 2. The molecule has 0 aliphatic rings. The Labute approximate surface area is 104 Å². The predicted octanol–water partition coefficient (Wildman–Crippen LogP) is 2.43. The Morgan fingerprint density at radius 3 is 2.61 bits per heavy atom. The van der Waals surface area contributed by atoms with Crippen LogP contribution in [-0.2, 0) is 0 Å². The summed E-state index contributed by atoms with van der Waals surface area (Å²) in [7, 11) is 0. The van der Waals surface area contributed by atoms with Crippen LogP contribution in [0.2, 0.25) is 0 Å². The number of hydrazone groups is 1. The molecule has 0 aliphatic heterocycles. The normalized spacial score (nSPS) is 9.22. The zero-order valence-corrected chi connectivity index (χ0v) is 9.94. The molecule has 0 amide bonds. The first-order valence-electron chi connectivity index (χ1n) is 5.17. The molecular weight excluding hydrogens is 235 g/mol. The van der Waals surface area contributed by atoms with Crippen molar-refractivity contribution in [2.75, 3.05) is 5.43 Å². The van der Waals surface area contributed by atoms with E-state index in [-0.39, 0.29) is 17.5 Å². The molecule has 0 aromatic heterocycles. The van der Waals surface area contributed by atoms with Crippen LogP contribution in [0.3, 0.4) is 0 Å². The first-order chi connectivity index (χ1) is 8.56. The van der Waals surface area contributed by atoms with E-state index >= 15 is 0 Å². The van der Waals surface area contributed by atoms with E-state index in [9.17, 15) is 4.39 Å². The lowest BCUT2D eigenvalue weighted by atomic mass is 10.3. The van der Waals surface area contributed by atoms with Crippen molar-refractivity contribution in [1.82, 2.24) is 0 Å². The van der Waals surface area contributed by atoms with Gasteiger partial charge in [0, 0.05) is 6.07 Å². The molecule has 1 rings (SSSR count). The van der Waals surface area contributed by atoms with Crippen LogP contribution < -0.4 is 10.2 Å². The number of hydrogen-bond donors (Lipinski definition) is 1. The molecule has 18 heavy (non-hydrogen) atoms. The summed E-state index contributed by atoms with van der Waals surface area (Å²) in [6.45, 7) is 3.65. The van der Waals surface area contributed by atoms with Gasteiger partial charge in [0.05, 0.1) is 6.10 Å². The molecule has 1 N–H and O–H groups in total. The highest BCUT2D eigenvalue weighted by Gasteiger charge is 2.07. The molecule has 0 saturated heterocycles. The fourth-order valence-corrected chi connectivity index (χ4v) is 1.14. The van der Waals surface area contributed by atoms with Crippen molar-refractivity contribution in [2.45, 2.75) is 20.0 Å².